The molecule has 0 unspecified atom stereocenters. The highest BCUT2D eigenvalue weighted by Gasteiger charge is 2.33. The number of rotatable bonds is 6. The molecule has 0 aliphatic carbocycles. The van der Waals surface area contributed by atoms with Crippen LogP contribution in [0.4, 0.5) is 16.2 Å². The van der Waals surface area contributed by atoms with Gasteiger partial charge in [0.2, 0.25) is 11.9 Å². The summed E-state index contributed by atoms with van der Waals surface area (Å²) in [5.41, 5.74) is 0. The Labute approximate surface area is 151 Å². The van der Waals surface area contributed by atoms with Crippen LogP contribution in [0, 0.1) is 0 Å². The number of aromatic nitrogens is 5. The molecule has 2 aromatic rings. The van der Waals surface area contributed by atoms with Crippen LogP contribution in [0.25, 0.3) is 0 Å². The van der Waals surface area contributed by atoms with Gasteiger partial charge >= 0.3 is 0 Å². The third-order valence-electron chi connectivity index (χ3n) is 4.41. The van der Waals surface area contributed by atoms with E-state index in [1.165, 1.54) is 17.3 Å². The lowest BCUT2D eigenvalue weighted by atomic mass is 10.2. The van der Waals surface area contributed by atoms with Gasteiger partial charge in [-0.3, -0.25) is 4.79 Å². The van der Waals surface area contributed by atoms with Gasteiger partial charge in [0.25, 0.3) is 0 Å². The van der Waals surface area contributed by atoms with Crippen LogP contribution in [0.1, 0.15) is 19.4 Å². The molecule has 1 saturated heterocycles. The van der Waals surface area contributed by atoms with E-state index >= 15 is 0 Å². The van der Waals surface area contributed by atoms with Crippen molar-refractivity contribution in [1.82, 2.24) is 30.0 Å². The molecular weight excluding hydrogens is 339 g/mol. The minimum absolute atomic E-state index is 0.165. The number of carbonyl (C=O) groups is 1. The van der Waals surface area contributed by atoms with Gasteiger partial charge in [0, 0.05) is 33.3 Å². The van der Waals surface area contributed by atoms with E-state index in [1.54, 1.807) is 24.1 Å². The fraction of sp³-hybridized carbons (Fsp3) is 0.562. The van der Waals surface area contributed by atoms with Gasteiger partial charge in [0.1, 0.15) is 30.7 Å². The van der Waals surface area contributed by atoms with Crippen LogP contribution in [-0.2, 0) is 4.79 Å². The number of nitrogens with zero attached hydrogens (tertiary/aromatic N) is 7. The molecule has 1 N–H and O–H groups in total. The van der Waals surface area contributed by atoms with Crippen LogP contribution in [-0.4, -0.2) is 70.0 Å². The van der Waals surface area contributed by atoms with Gasteiger partial charge in [0.05, 0.1) is 12.6 Å². The first kappa shape index (κ1) is 18.0. The maximum atomic E-state index is 14.0. The molecule has 2 aromatic heterocycles. The predicted molar refractivity (Wildman–Crippen MR) is 94.7 cm³/mol. The number of amides is 1. The van der Waals surface area contributed by atoms with Crippen molar-refractivity contribution in [1.29, 1.82) is 0 Å². The van der Waals surface area contributed by atoms with Crippen molar-refractivity contribution in [2.45, 2.75) is 31.6 Å². The van der Waals surface area contributed by atoms with Gasteiger partial charge in [-0.2, -0.15) is 10.1 Å². The van der Waals surface area contributed by atoms with E-state index in [4.69, 9.17) is 0 Å². The topological polar surface area (TPSA) is 92.1 Å². The first-order valence-corrected chi connectivity index (χ1v) is 8.48. The second-order valence-electron chi connectivity index (χ2n) is 6.55. The molecule has 26 heavy (non-hydrogen) atoms. The summed E-state index contributed by atoms with van der Waals surface area (Å²) in [4.78, 5) is 28.5. The third-order valence-corrected chi connectivity index (χ3v) is 4.41. The predicted octanol–water partition coefficient (Wildman–Crippen LogP) is 0.428. The van der Waals surface area contributed by atoms with Crippen LogP contribution in [0.2, 0.25) is 0 Å². The molecule has 1 aliphatic rings. The van der Waals surface area contributed by atoms with Gasteiger partial charge < -0.3 is 15.1 Å². The Morgan fingerprint density at radius 3 is 3.00 bits per heavy atom. The largest absolute Gasteiger partial charge is 0.352 e. The molecule has 140 valence electrons. The first-order valence-electron chi connectivity index (χ1n) is 8.48. The Kier molecular flexibility index (Phi) is 5.29. The summed E-state index contributed by atoms with van der Waals surface area (Å²) >= 11 is 0. The number of hydrogen-bond donors (Lipinski definition) is 1. The molecule has 0 radical (unpaired) electrons. The molecule has 10 heteroatoms. The monoisotopic (exact) mass is 362 g/mol. The summed E-state index contributed by atoms with van der Waals surface area (Å²) in [6, 6.07) is 1.12. The summed E-state index contributed by atoms with van der Waals surface area (Å²) < 4.78 is 15.5. The van der Waals surface area contributed by atoms with Gasteiger partial charge in [0.15, 0.2) is 0 Å². The molecule has 9 nitrogen and oxygen atoms in total. The molecular formula is C16H23FN8O. The van der Waals surface area contributed by atoms with E-state index in [0.29, 0.717) is 24.7 Å². The highest BCUT2D eigenvalue weighted by Crippen LogP contribution is 2.26. The van der Waals surface area contributed by atoms with Crippen LogP contribution in [0.5, 0.6) is 0 Å². The highest BCUT2D eigenvalue weighted by atomic mass is 19.1. The third kappa shape index (κ3) is 3.89. The minimum atomic E-state index is -0.956. The molecule has 3 heterocycles. The van der Waals surface area contributed by atoms with E-state index in [9.17, 15) is 9.18 Å². The fourth-order valence-electron chi connectivity index (χ4n) is 2.95. The van der Waals surface area contributed by atoms with Crippen LogP contribution in [0.15, 0.2) is 24.9 Å². The summed E-state index contributed by atoms with van der Waals surface area (Å²) in [6.07, 6.45) is 3.92. The second kappa shape index (κ2) is 7.63. The Morgan fingerprint density at radius 1 is 1.50 bits per heavy atom. The van der Waals surface area contributed by atoms with Gasteiger partial charge in [-0.05, 0) is 13.0 Å². The molecule has 0 bridgehead atoms. The maximum Gasteiger partial charge on any atom is 0.244 e. The summed E-state index contributed by atoms with van der Waals surface area (Å²) in [6.45, 7) is 2.32. The number of halogens is 1. The Hall–Kier alpha value is -2.78. The lowest BCUT2D eigenvalue weighted by Gasteiger charge is -2.26. The number of nitrogens with one attached hydrogen (secondary N) is 1. The van der Waals surface area contributed by atoms with Crippen molar-refractivity contribution >= 4 is 17.7 Å². The van der Waals surface area contributed by atoms with Crippen molar-refractivity contribution in [3.8, 4) is 0 Å². The zero-order chi connectivity index (χ0) is 18.7. The molecule has 0 aromatic carbocycles. The molecule has 1 aliphatic heterocycles. The minimum Gasteiger partial charge on any atom is -0.352 e. The van der Waals surface area contributed by atoms with E-state index in [1.807, 2.05) is 19.0 Å². The Balaban J connectivity index is 1.66. The Morgan fingerprint density at radius 2 is 2.31 bits per heavy atom. The van der Waals surface area contributed by atoms with Crippen molar-refractivity contribution in [2.75, 3.05) is 37.0 Å². The van der Waals surface area contributed by atoms with E-state index in [2.05, 4.69) is 25.4 Å². The number of hydrogen-bond acceptors (Lipinski definition) is 7. The maximum absolute atomic E-state index is 14.0. The zero-order valence-electron chi connectivity index (χ0n) is 15.1. The second-order valence-corrected chi connectivity index (χ2v) is 6.55. The summed E-state index contributed by atoms with van der Waals surface area (Å²) in [5.74, 6) is 1.04. The highest BCUT2D eigenvalue weighted by molar-refractivity contribution is 5.79. The molecule has 3 rings (SSSR count). The molecule has 1 amide bonds. The first-order chi connectivity index (χ1) is 12.5. The van der Waals surface area contributed by atoms with Crippen molar-refractivity contribution in [2.24, 2.45) is 0 Å². The van der Waals surface area contributed by atoms with E-state index < -0.39 is 12.2 Å². The van der Waals surface area contributed by atoms with Crippen LogP contribution >= 0.6 is 0 Å². The number of carbonyl (C=O) groups excluding carboxylic acids is 1. The standard InChI is InChI=1S/C16H23FN8O/c1-11(25-10-18-9-21-25)15(26)20-7-13-6-12(17)8-24(13)14-4-5-19-16(22-14)23(2)3/h4-5,9-13H,6-8H2,1-3H3,(H,20,26)/t11-,12-,13-/m0/s1. The van der Waals surface area contributed by atoms with Crippen LogP contribution in [0.3, 0.4) is 0 Å². The lowest BCUT2D eigenvalue weighted by Crippen LogP contribution is -2.42. The summed E-state index contributed by atoms with van der Waals surface area (Å²) in [7, 11) is 3.70. The molecule has 0 saturated carbocycles. The van der Waals surface area contributed by atoms with Gasteiger partial charge in [-0.15, -0.1) is 0 Å². The zero-order valence-corrected chi connectivity index (χ0v) is 15.1. The lowest BCUT2D eigenvalue weighted by molar-refractivity contribution is -0.124. The van der Waals surface area contributed by atoms with Crippen LogP contribution < -0.4 is 15.1 Å². The fourth-order valence-corrected chi connectivity index (χ4v) is 2.95. The SMILES string of the molecule is C[C@@H](C(=O)NC[C@@H]1C[C@H](F)CN1c1ccnc(N(C)C)n1)n1cncn1. The molecule has 1 fully saturated rings. The Bertz CT molecular complexity index is 738. The average Bonchev–Trinajstić information content (AvgIpc) is 3.28. The number of anilines is 2. The van der Waals surface area contributed by atoms with E-state index in [0.717, 1.165) is 0 Å². The van der Waals surface area contributed by atoms with E-state index in [-0.39, 0.29) is 18.5 Å². The normalized spacial score (nSPS) is 20.8. The quantitative estimate of drug-likeness (QED) is 0.796. The van der Waals surface area contributed by atoms with Crippen molar-refractivity contribution < 1.29 is 9.18 Å². The molecule has 0 spiro atoms. The van der Waals surface area contributed by atoms with Crippen molar-refractivity contribution in [3.63, 3.8) is 0 Å². The average molecular weight is 362 g/mol. The smallest absolute Gasteiger partial charge is 0.244 e. The summed E-state index contributed by atoms with van der Waals surface area (Å²) in [5, 5.41) is 6.85. The van der Waals surface area contributed by atoms with Gasteiger partial charge in [-0.25, -0.2) is 19.0 Å². The van der Waals surface area contributed by atoms with Crippen molar-refractivity contribution in [3.05, 3.63) is 24.9 Å². The molecule has 3 atom stereocenters. The number of alkyl halides is 1. The van der Waals surface area contributed by atoms with Gasteiger partial charge in [-0.1, -0.05) is 0 Å².